The van der Waals surface area contributed by atoms with Crippen LogP contribution in [0.4, 0.5) is 4.39 Å². The largest absolute Gasteiger partial charge is 0.324 e. The third-order valence-electron chi connectivity index (χ3n) is 3.68. The lowest BCUT2D eigenvalue weighted by Crippen LogP contribution is -2.43. The van der Waals surface area contributed by atoms with Gasteiger partial charge in [0.15, 0.2) is 0 Å². The van der Waals surface area contributed by atoms with Gasteiger partial charge in [-0.15, -0.1) is 0 Å². The van der Waals surface area contributed by atoms with Gasteiger partial charge in [0.1, 0.15) is 5.82 Å². The zero-order chi connectivity index (χ0) is 13.5. The Kier molecular flexibility index (Phi) is 3.19. The standard InChI is InChI=1S/C16H15BrFN/c17-14-5-11(6-15(18)7-14)8-16(19)9-12-3-1-2-4-13(12)10-16/h1-7H,8-10,19H2. The highest BCUT2D eigenvalue weighted by Gasteiger charge is 2.33. The third-order valence-corrected chi connectivity index (χ3v) is 4.14. The summed E-state index contributed by atoms with van der Waals surface area (Å²) in [6, 6.07) is 13.3. The van der Waals surface area contributed by atoms with Gasteiger partial charge in [-0.3, -0.25) is 0 Å². The third kappa shape index (κ3) is 2.72. The fraction of sp³-hybridized carbons (Fsp3) is 0.250. The first kappa shape index (κ1) is 12.8. The quantitative estimate of drug-likeness (QED) is 0.898. The minimum atomic E-state index is -0.295. The van der Waals surface area contributed by atoms with Crippen LogP contribution in [0.15, 0.2) is 46.9 Å². The van der Waals surface area contributed by atoms with Gasteiger partial charge in [-0.05, 0) is 54.2 Å². The summed E-state index contributed by atoms with van der Waals surface area (Å²) >= 11 is 3.33. The molecule has 0 bridgehead atoms. The zero-order valence-corrected chi connectivity index (χ0v) is 12.1. The number of hydrogen-bond donors (Lipinski definition) is 1. The van der Waals surface area contributed by atoms with Crippen LogP contribution in [0, 0.1) is 5.82 Å². The molecule has 98 valence electrons. The SMILES string of the molecule is NC1(Cc2cc(F)cc(Br)c2)Cc2ccccc2C1. The van der Waals surface area contributed by atoms with Crippen molar-refractivity contribution >= 4 is 15.9 Å². The van der Waals surface area contributed by atoms with E-state index < -0.39 is 0 Å². The molecule has 1 aliphatic carbocycles. The van der Waals surface area contributed by atoms with Crippen LogP contribution in [0.2, 0.25) is 0 Å². The summed E-state index contributed by atoms with van der Waals surface area (Å²) in [7, 11) is 0. The van der Waals surface area contributed by atoms with E-state index in [1.165, 1.54) is 17.2 Å². The smallest absolute Gasteiger partial charge is 0.124 e. The van der Waals surface area contributed by atoms with Crippen molar-refractivity contribution in [1.29, 1.82) is 0 Å². The molecule has 0 atom stereocenters. The maximum atomic E-state index is 13.4. The van der Waals surface area contributed by atoms with E-state index in [1.807, 2.05) is 18.2 Å². The molecule has 0 fully saturated rings. The number of rotatable bonds is 2. The Hall–Kier alpha value is -1.19. The topological polar surface area (TPSA) is 26.0 Å². The fourth-order valence-corrected chi connectivity index (χ4v) is 3.48. The van der Waals surface area contributed by atoms with Crippen molar-refractivity contribution in [3.8, 4) is 0 Å². The molecule has 1 nitrogen and oxygen atoms in total. The molecule has 19 heavy (non-hydrogen) atoms. The molecule has 2 N–H and O–H groups in total. The van der Waals surface area contributed by atoms with Gasteiger partial charge in [-0.2, -0.15) is 0 Å². The molecule has 0 saturated carbocycles. The summed E-state index contributed by atoms with van der Waals surface area (Å²) in [5.41, 5.74) is 9.80. The molecule has 2 aromatic rings. The normalized spacial score (nSPS) is 16.4. The lowest BCUT2D eigenvalue weighted by molar-refractivity contribution is 0.445. The van der Waals surface area contributed by atoms with E-state index in [4.69, 9.17) is 5.73 Å². The molecule has 1 aliphatic rings. The molecular formula is C16H15BrFN. The molecule has 0 spiro atoms. The van der Waals surface area contributed by atoms with Crippen molar-refractivity contribution in [1.82, 2.24) is 0 Å². The Morgan fingerprint density at radius 2 is 1.74 bits per heavy atom. The predicted octanol–water partition coefficient (Wildman–Crippen LogP) is 3.63. The molecule has 3 heteroatoms. The van der Waals surface area contributed by atoms with Crippen molar-refractivity contribution in [2.75, 3.05) is 0 Å². The Morgan fingerprint density at radius 1 is 1.11 bits per heavy atom. The van der Waals surface area contributed by atoms with Crippen LogP contribution in [0.1, 0.15) is 16.7 Å². The van der Waals surface area contributed by atoms with Crippen LogP contribution in [-0.4, -0.2) is 5.54 Å². The number of fused-ring (bicyclic) bond motifs is 1. The maximum absolute atomic E-state index is 13.4. The molecule has 0 aromatic heterocycles. The fourth-order valence-electron chi connectivity index (χ4n) is 2.97. The molecule has 3 rings (SSSR count). The molecule has 0 saturated heterocycles. The van der Waals surface area contributed by atoms with Crippen LogP contribution in [0.5, 0.6) is 0 Å². The highest BCUT2D eigenvalue weighted by atomic mass is 79.9. The average molecular weight is 320 g/mol. The second-order valence-corrected chi connectivity index (χ2v) is 6.35. The van der Waals surface area contributed by atoms with Gasteiger partial charge in [0.25, 0.3) is 0 Å². The Labute approximate surface area is 120 Å². The molecule has 0 unspecified atom stereocenters. The van der Waals surface area contributed by atoms with Crippen molar-refractivity contribution in [3.63, 3.8) is 0 Å². The summed E-state index contributed by atoms with van der Waals surface area (Å²) in [5, 5.41) is 0. The van der Waals surface area contributed by atoms with E-state index in [0.717, 1.165) is 22.9 Å². The second-order valence-electron chi connectivity index (χ2n) is 5.44. The predicted molar refractivity (Wildman–Crippen MR) is 78.6 cm³/mol. The summed E-state index contributed by atoms with van der Waals surface area (Å²) < 4.78 is 14.2. The Morgan fingerprint density at radius 3 is 2.32 bits per heavy atom. The first-order chi connectivity index (χ1) is 9.04. The van der Waals surface area contributed by atoms with Crippen LogP contribution < -0.4 is 5.73 Å². The maximum Gasteiger partial charge on any atom is 0.124 e. The zero-order valence-electron chi connectivity index (χ0n) is 10.5. The van der Waals surface area contributed by atoms with Gasteiger partial charge in [0.05, 0.1) is 0 Å². The summed E-state index contributed by atoms with van der Waals surface area (Å²) in [4.78, 5) is 0. The monoisotopic (exact) mass is 319 g/mol. The highest BCUT2D eigenvalue weighted by Crippen LogP contribution is 2.31. The summed E-state index contributed by atoms with van der Waals surface area (Å²) in [6.45, 7) is 0. The van der Waals surface area contributed by atoms with Crippen LogP contribution in [0.3, 0.4) is 0 Å². The molecule has 0 heterocycles. The minimum Gasteiger partial charge on any atom is -0.324 e. The van der Waals surface area contributed by atoms with Crippen molar-refractivity contribution < 1.29 is 4.39 Å². The Balaban J connectivity index is 1.85. The van der Waals surface area contributed by atoms with Crippen molar-refractivity contribution in [2.24, 2.45) is 5.73 Å². The van der Waals surface area contributed by atoms with Gasteiger partial charge in [0, 0.05) is 10.0 Å². The van der Waals surface area contributed by atoms with Crippen molar-refractivity contribution in [3.05, 3.63) is 69.4 Å². The van der Waals surface area contributed by atoms with E-state index >= 15 is 0 Å². The minimum absolute atomic E-state index is 0.219. The summed E-state index contributed by atoms with van der Waals surface area (Å²) in [6.07, 6.45) is 2.41. The molecular weight excluding hydrogens is 305 g/mol. The highest BCUT2D eigenvalue weighted by molar-refractivity contribution is 9.10. The first-order valence-electron chi connectivity index (χ1n) is 6.35. The van der Waals surface area contributed by atoms with E-state index in [0.29, 0.717) is 6.42 Å². The van der Waals surface area contributed by atoms with Gasteiger partial charge < -0.3 is 5.73 Å². The lowest BCUT2D eigenvalue weighted by Gasteiger charge is -2.24. The van der Waals surface area contributed by atoms with Gasteiger partial charge in [0.2, 0.25) is 0 Å². The van der Waals surface area contributed by atoms with E-state index in [1.54, 1.807) is 6.07 Å². The molecule has 0 amide bonds. The summed E-state index contributed by atoms with van der Waals surface area (Å²) in [5.74, 6) is -0.219. The molecule has 0 aliphatic heterocycles. The van der Waals surface area contributed by atoms with Crippen LogP contribution >= 0.6 is 15.9 Å². The average Bonchev–Trinajstić information content (AvgIpc) is 2.62. The van der Waals surface area contributed by atoms with Gasteiger partial charge in [-0.1, -0.05) is 40.2 Å². The van der Waals surface area contributed by atoms with Gasteiger partial charge in [-0.25, -0.2) is 4.39 Å². The molecule has 0 radical (unpaired) electrons. The number of hydrogen-bond acceptors (Lipinski definition) is 1. The van der Waals surface area contributed by atoms with Crippen LogP contribution in [-0.2, 0) is 19.3 Å². The Bertz CT molecular complexity index is 579. The second kappa shape index (κ2) is 4.73. The van der Waals surface area contributed by atoms with E-state index in [-0.39, 0.29) is 11.4 Å². The first-order valence-corrected chi connectivity index (χ1v) is 7.14. The van der Waals surface area contributed by atoms with E-state index in [2.05, 4.69) is 28.1 Å². The number of halogens is 2. The lowest BCUT2D eigenvalue weighted by atomic mass is 9.89. The number of nitrogens with two attached hydrogens (primary N) is 1. The number of benzene rings is 2. The van der Waals surface area contributed by atoms with Crippen LogP contribution in [0.25, 0.3) is 0 Å². The van der Waals surface area contributed by atoms with E-state index in [9.17, 15) is 4.39 Å². The van der Waals surface area contributed by atoms with Gasteiger partial charge >= 0.3 is 0 Å². The molecule has 2 aromatic carbocycles. The van der Waals surface area contributed by atoms with Crippen molar-refractivity contribution in [2.45, 2.75) is 24.8 Å².